The molecule has 0 fully saturated rings. The smallest absolute Gasteiger partial charge is 0.263 e. The highest BCUT2D eigenvalue weighted by molar-refractivity contribution is 9.09. The fourth-order valence-corrected chi connectivity index (χ4v) is 22.6. The number of hydrogen-bond acceptors (Lipinski definition) is 18. The van der Waals surface area contributed by atoms with Gasteiger partial charge < -0.3 is 49.7 Å². The molecular weight excluding hydrogens is 2030 g/mol. The Morgan fingerprint density at radius 1 is 0.366 bits per heavy atom. The van der Waals surface area contributed by atoms with E-state index in [9.17, 15) is 24.9 Å². The minimum absolute atomic E-state index is 0. The second-order valence-electron chi connectivity index (χ2n) is 33.4. The number of anilines is 4. The Morgan fingerprint density at radius 2 is 0.745 bits per heavy atom. The molecule has 2 aliphatic heterocycles. The first-order valence-electron chi connectivity index (χ1n) is 47.6. The summed E-state index contributed by atoms with van der Waals surface area (Å²) in [6, 6.07) is 107. The zero-order valence-electron chi connectivity index (χ0n) is 80.9. The van der Waals surface area contributed by atoms with Crippen molar-refractivity contribution in [2.24, 2.45) is 0 Å². The maximum atomic E-state index is 13.5. The molecule has 5 N–H and O–H groups in total. The molecule has 22 rings (SSSR count). The molecule has 0 saturated carbocycles. The SMILES string of the molecule is BrCc1ccccc1.C.C.C.CCN1C(=CC2=C(O)C(=Cc3sc4ccccc4[n+]3Cc3ccccc3)C2=O)N(CCO)c2ccccc21.CCN1C(=CC2=C(S)C(=Cc3sc4ccccc4[n+]3Cc3ccccc3)C2=O)N(CCO)c2ccccc21.CCn1c(C)[n+](CCO)c2ccccc21.CCn1c(C)nc2ccccc21.Cc1nc2ccccc2s1.Cc1sc2ccccc2[n+]1Cc1ccccc1.OCCBr. The normalized spacial score (nSPS) is 13.8. The van der Waals surface area contributed by atoms with Crippen LogP contribution < -0.4 is 37.9 Å². The second kappa shape index (κ2) is 53.8. The number of para-hydroxylation sites is 12. The third kappa shape index (κ3) is 25.8. The third-order valence-corrected chi connectivity index (χ3v) is 30.3. The highest BCUT2D eigenvalue weighted by atomic mass is 79.9. The van der Waals surface area contributed by atoms with Crippen molar-refractivity contribution in [3.8, 4) is 0 Å². The number of rotatable bonds is 22. The van der Waals surface area contributed by atoms with Crippen LogP contribution in [0.1, 0.15) is 104 Å². The number of nitrogens with zero attached hydrogens (tertiary/aromatic N) is 12. The number of thiol groups is 1. The fourth-order valence-electron chi connectivity index (χ4n) is 17.8. The summed E-state index contributed by atoms with van der Waals surface area (Å²) < 4.78 is 18.4. The van der Waals surface area contributed by atoms with Crippen molar-refractivity contribution in [1.82, 2.24) is 19.1 Å². The van der Waals surface area contributed by atoms with Gasteiger partial charge in [0.15, 0.2) is 36.5 Å². The summed E-state index contributed by atoms with van der Waals surface area (Å²) in [6.07, 6.45) is 7.45. The van der Waals surface area contributed by atoms with Crippen LogP contribution in [0.3, 0.4) is 0 Å². The maximum Gasteiger partial charge on any atom is 0.263 e. The number of Topliss-reactive ketones (excluding diaryl/α,β-unsaturated/α-hetero) is 2. The van der Waals surface area contributed by atoms with Gasteiger partial charge in [-0.05, 0) is 138 Å². The number of fused-ring (bicyclic) bond motifs is 8. The summed E-state index contributed by atoms with van der Waals surface area (Å²) in [5, 5.41) is 53.5. The number of benzene rings is 12. The molecule has 0 bridgehead atoms. The Labute approximate surface area is 890 Å². The van der Waals surface area contributed by atoms with E-state index in [1.165, 1.54) is 63.7 Å². The lowest BCUT2D eigenvalue weighted by atomic mass is 9.87. The second-order valence-corrected chi connectivity index (χ2v) is 39.8. The number of aryl methyl sites for hydroxylation is 5. The molecule has 2 aliphatic carbocycles. The molecule has 0 atom stereocenters. The molecule has 0 unspecified atom stereocenters. The van der Waals surface area contributed by atoms with E-state index in [4.69, 9.17) is 22.8 Å². The first-order valence-corrected chi connectivity index (χ1v) is 53.6. The Morgan fingerprint density at radius 3 is 1.17 bits per heavy atom. The van der Waals surface area contributed by atoms with E-state index >= 15 is 0 Å². The molecule has 12 aromatic carbocycles. The Kier molecular flexibility index (Phi) is 41.1. The molecule has 8 heterocycles. The van der Waals surface area contributed by atoms with Crippen LogP contribution in [0.2, 0.25) is 0 Å². The summed E-state index contributed by atoms with van der Waals surface area (Å²) >= 11 is 18.0. The van der Waals surface area contributed by atoms with E-state index in [2.05, 4.69) is 282 Å². The molecule has 19 nitrogen and oxygen atoms in total. The van der Waals surface area contributed by atoms with Gasteiger partial charge in [0.25, 0.3) is 15.8 Å². The summed E-state index contributed by atoms with van der Waals surface area (Å²) in [5.41, 5.74) is 20.4. The van der Waals surface area contributed by atoms with Crippen LogP contribution >= 0.6 is 89.8 Å². The number of hydrogen-bond donors (Lipinski definition) is 6. The van der Waals surface area contributed by atoms with E-state index in [1.807, 2.05) is 201 Å². The first kappa shape index (κ1) is 111. The van der Waals surface area contributed by atoms with Gasteiger partial charge in [-0.1, -0.05) is 307 Å². The van der Waals surface area contributed by atoms with Crippen molar-refractivity contribution in [2.45, 2.75) is 122 Å². The third-order valence-electron chi connectivity index (χ3n) is 24.5. The van der Waals surface area contributed by atoms with Crippen molar-refractivity contribution in [3.63, 3.8) is 0 Å². The van der Waals surface area contributed by atoms with Crippen LogP contribution in [0.5, 0.6) is 0 Å². The number of carbonyl (C=O) groups excluding carboxylic acids is 2. The predicted octanol–water partition coefficient (Wildman–Crippen LogP) is 25.4. The fraction of sp³-hybridized carbons (Fsp3) is 0.227. The van der Waals surface area contributed by atoms with Crippen LogP contribution in [0.15, 0.2) is 372 Å². The number of ketones is 2. The van der Waals surface area contributed by atoms with Crippen LogP contribution in [-0.2, 0) is 54.2 Å². The largest absolute Gasteiger partial charge is 0.506 e. The van der Waals surface area contributed by atoms with E-state index < -0.39 is 0 Å². The number of carbonyl (C=O) groups is 2. The number of β-amino-alcohol motifs (C(OH)–C–C–N with tert-alkyl or cyclic N) is 2. The number of aliphatic hydroxyl groups excluding tert-OH is 5. The van der Waals surface area contributed by atoms with Gasteiger partial charge in [-0.25, -0.2) is 19.1 Å². The molecule has 145 heavy (non-hydrogen) atoms. The van der Waals surface area contributed by atoms with Gasteiger partial charge in [-0.15, -0.1) is 24.0 Å². The highest BCUT2D eigenvalue weighted by Crippen LogP contribution is 2.46. The Hall–Kier alpha value is -12.9. The van der Waals surface area contributed by atoms with Gasteiger partial charge in [0.05, 0.1) is 93.1 Å². The average molecular weight is 2160 g/mol. The van der Waals surface area contributed by atoms with Crippen molar-refractivity contribution < 1.29 is 53.4 Å². The lowest BCUT2D eigenvalue weighted by Crippen LogP contribution is -2.38. The molecule has 0 radical (unpaired) electrons. The molecule has 18 aromatic rings. The molecule has 0 amide bonds. The van der Waals surface area contributed by atoms with Gasteiger partial charge in [-0.2, -0.15) is 13.7 Å². The average Bonchev–Trinajstić information content (AvgIpc) is 1.68. The van der Waals surface area contributed by atoms with Gasteiger partial charge in [0.1, 0.15) is 43.9 Å². The Bertz CT molecular complexity index is 7340. The monoisotopic (exact) mass is 2160 g/mol. The summed E-state index contributed by atoms with van der Waals surface area (Å²) in [5.74, 6) is 3.76. The number of allylic oxidation sites excluding steroid dienone is 6. The van der Waals surface area contributed by atoms with Gasteiger partial charge in [0, 0.05) is 120 Å². The van der Waals surface area contributed by atoms with E-state index in [-0.39, 0.29) is 71.6 Å². The number of aromatic nitrogens is 8. The summed E-state index contributed by atoms with van der Waals surface area (Å²) in [4.78, 5) is 44.6. The van der Waals surface area contributed by atoms with Crippen LogP contribution in [0, 0.1) is 27.7 Å². The van der Waals surface area contributed by atoms with E-state index in [0.717, 1.165) is 126 Å². The minimum Gasteiger partial charge on any atom is -0.506 e. The van der Waals surface area contributed by atoms with Crippen molar-refractivity contribution >= 4 is 199 Å². The zero-order valence-corrected chi connectivity index (χ0v) is 88.2. The predicted molar refractivity (Wildman–Crippen MR) is 617 cm³/mol. The van der Waals surface area contributed by atoms with Crippen LogP contribution in [0.4, 0.5) is 22.7 Å². The van der Waals surface area contributed by atoms with Crippen LogP contribution in [-0.4, -0.2) is 114 Å². The lowest BCUT2D eigenvalue weighted by molar-refractivity contribution is -0.679. The van der Waals surface area contributed by atoms with Gasteiger partial charge in [0.2, 0.25) is 27.3 Å². The Balaban J connectivity index is 0.000000160. The number of halogens is 2. The lowest BCUT2D eigenvalue weighted by Gasteiger charge is -2.27. The number of alkyl halides is 2. The minimum atomic E-state index is -0.185. The molecule has 4 aliphatic rings. The molecule has 26 heteroatoms. The zero-order chi connectivity index (χ0) is 99.7. The van der Waals surface area contributed by atoms with Crippen molar-refractivity contribution in [1.29, 1.82) is 0 Å². The van der Waals surface area contributed by atoms with E-state index in [0.29, 0.717) is 59.7 Å². The summed E-state index contributed by atoms with van der Waals surface area (Å²) in [6.45, 7) is 24.4. The quantitative estimate of drug-likeness (QED) is 0.0162. The highest BCUT2D eigenvalue weighted by Gasteiger charge is 2.40. The standard InChI is InChI=1S/C31H27N3O3S.C31H27N3O2S2.C15H14NS.C12H17N2O.C10H12N2.C8H7NS.C7H7Br.C2H5BrO.3CH4/c2*1-2-32-24-12-6-7-13-25(24)33(16-17-35)28(32)18-22-30(36)23(31(22)37)19-29-34(20-21-10-4-3-5-11-21)26-14-8-9-15-27(26)38-29;1-12-16(11-13-7-3-2-4-8-13)14-9-5-6-10-15(14)17-12;1-3-13-10(2)14(8-9-15)12-7-5-4-6-11(12)13;1-3-12-8(2)11-9-6-4-5-7-10(9)12;1-6-9-7-4-2-3-5-8(7)10-6;8-6-7-4-2-1-3-5-7;3-1-2-4;;;/h2*3-15,18-19,35H,2,16-17,20H2,1H3;2-10H,11H2,1H3;4-7,15H,3,8-9H2,1-2H3;4-7H,3H2,1-2H3;2-5H,1H3;1-5H,6H2;4H,1-2H2;3*1H4/q;;2*+1;;;;;;;/p+2. The van der Waals surface area contributed by atoms with Gasteiger partial charge in [-0.3, -0.25) is 9.59 Å². The first-order chi connectivity index (χ1) is 69.4. The molecule has 748 valence electrons. The van der Waals surface area contributed by atoms with Crippen LogP contribution in [0.25, 0.3) is 75.1 Å². The number of aliphatic hydroxyl groups is 5. The number of thiazole rings is 4. The van der Waals surface area contributed by atoms with E-state index in [1.54, 1.807) is 46.2 Å². The molecule has 6 aromatic heterocycles. The topological polar surface area (TPSA) is 199 Å². The maximum absolute atomic E-state index is 13.5. The van der Waals surface area contributed by atoms with Gasteiger partial charge >= 0.3 is 0 Å². The van der Waals surface area contributed by atoms with Crippen molar-refractivity contribution in [3.05, 3.63) is 426 Å². The van der Waals surface area contributed by atoms with Crippen molar-refractivity contribution in [2.75, 3.05) is 77.5 Å². The number of imidazole rings is 2. The molecule has 0 spiro atoms. The molecule has 0 saturated heterocycles. The molecular formula is C119H130Br2N12O7S5+4. The summed E-state index contributed by atoms with van der Waals surface area (Å²) in [7, 11) is 0.